The van der Waals surface area contributed by atoms with Crippen molar-refractivity contribution in [1.29, 1.82) is 0 Å². The molecule has 8 nitrogen and oxygen atoms in total. The van der Waals surface area contributed by atoms with Gasteiger partial charge in [-0.05, 0) is 75.6 Å². The van der Waals surface area contributed by atoms with E-state index in [2.05, 4.69) is 34.6 Å². The van der Waals surface area contributed by atoms with Crippen molar-refractivity contribution in [3.05, 3.63) is 54.1 Å². The van der Waals surface area contributed by atoms with Crippen molar-refractivity contribution in [3.8, 4) is 0 Å². The minimum Gasteiger partial charge on any atom is -0.341 e. The minimum atomic E-state index is -3.82. The summed E-state index contributed by atoms with van der Waals surface area (Å²) < 4.78 is 30.3. The van der Waals surface area contributed by atoms with E-state index in [4.69, 9.17) is 0 Å². The van der Waals surface area contributed by atoms with Crippen LogP contribution in [0.5, 0.6) is 0 Å². The first-order valence-electron chi connectivity index (χ1n) is 12.5. The molecule has 1 aromatic heterocycles. The predicted octanol–water partition coefficient (Wildman–Crippen LogP) is 3.65. The summed E-state index contributed by atoms with van der Waals surface area (Å²) in [5.41, 5.74) is 2.67. The number of hydrogen-bond donors (Lipinski definition) is 0. The average molecular weight is 496 g/mol. The Bertz CT molecular complexity index is 1300. The Morgan fingerprint density at radius 1 is 1.03 bits per heavy atom. The van der Waals surface area contributed by atoms with Gasteiger partial charge in [0, 0.05) is 25.7 Å². The highest BCUT2D eigenvalue weighted by Crippen LogP contribution is 2.30. The number of carbonyl (C=O) groups is 1. The Balaban J connectivity index is 1.28. The first-order valence-corrected chi connectivity index (χ1v) is 14.0. The summed E-state index contributed by atoms with van der Waals surface area (Å²) in [7, 11) is -3.82. The molecule has 2 aromatic carbocycles. The van der Waals surface area contributed by atoms with E-state index in [0.29, 0.717) is 43.9 Å². The van der Waals surface area contributed by atoms with Gasteiger partial charge in [-0.2, -0.15) is 4.31 Å². The Morgan fingerprint density at radius 2 is 1.77 bits per heavy atom. The van der Waals surface area contributed by atoms with Gasteiger partial charge in [0.25, 0.3) is 0 Å². The second-order valence-electron chi connectivity index (χ2n) is 10.0. The van der Waals surface area contributed by atoms with Crippen LogP contribution >= 0.6 is 0 Å². The molecule has 5 rings (SSSR count). The summed E-state index contributed by atoms with van der Waals surface area (Å²) in [6.07, 6.45) is 4.17. The van der Waals surface area contributed by atoms with Gasteiger partial charge < -0.3 is 4.90 Å². The van der Waals surface area contributed by atoms with E-state index in [1.807, 2.05) is 24.8 Å². The summed E-state index contributed by atoms with van der Waals surface area (Å²) in [4.78, 5) is 15.5. The number of nitrogens with zero attached hydrogens (tertiary/aromatic N) is 5. The van der Waals surface area contributed by atoms with Crippen LogP contribution in [0.25, 0.3) is 11.0 Å². The van der Waals surface area contributed by atoms with Crippen molar-refractivity contribution in [2.75, 3.05) is 19.6 Å². The average Bonchev–Trinajstić information content (AvgIpc) is 3.52. The summed E-state index contributed by atoms with van der Waals surface area (Å²) in [6.45, 7) is 5.74. The molecule has 2 aliphatic heterocycles. The number of hydrogen-bond acceptors (Lipinski definition) is 5. The first-order chi connectivity index (χ1) is 16.8. The Morgan fingerprint density at radius 3 is 2.49 bits per heavy atom. The van der Waals surface area contributed by atoms with Crippen LogP contribution in [-0.2, 0) is 21.2 Å². The van der Waals surface area contributed by atoms with Gasteiger partial charge in [0.15, 0.2) is 0 Å². The van der Waals surface area contributed by atoms with Gasteiger partial charge in [0.05, 0.1) is 10.4 Å². The van der Waals surface area contributed by atoms with Crippen LogP contribution in [0.15, 0.2) is 53.4 Å². The fourth-order valence-electron chi connectivity index (χ4n) is 5.39. The topological polar surface area (TPSA) is 88.4 Å². The fourth-order valence-corrected chi connectivity index (χ4v) is 7.06. The molecule has 0 N–H and O–H groups in total. The van der Waals surface area contributed by atoms with Crippen molar-refractivity contribution < 1.29 is 13.2 Å². The van der Waals surface area contributed by atoms with Crippen LogP contribution in [0.4, 0.5) is 0 Å². The van der Waals surface area contributed by atoms with E-state index in [9.17, 15) is 13.2 Å². The molecule has 0 bridgehead atoms. The smallest absolute Gasteiger partial charge is 0.243 e. The predicted molar refractivity (Wildman–Crippen MR) is 134 cm³/mol. The molecule has 1 amide bonds. The van der Waals surface area contributed by atoms with Gasteiger partial charge in [0.1, 0.15) is 11.6 Å². The van der Waals surface area contributed by atoms with Crippen LogP contribution in [-0.4, -0.2) is 64.2 Å². The zero-order chi connectivity index (χ0) is 24.6. The van der Waals surface area contributed by atoms with Crippen molar-refractivity contribution in [3.63, 3.8) is 0 Å². The summed E-state index contributed by atoms with van der Waals surface area (Å²) in [6, 6.07) is 14.9. The first kappa shape index (κ1) is 23.9. The van der Waals surface area contributed by atoms with E-state index in [0.717, 1.165) is 24.8 Å². The quantitative estimate of drug-likeness (QED) is 0.521. The molecule has 0 aliphatic carbocycles. The maximum absolute atomic E-state index is 13.6. The maximum Gasteiger partial charge on any atom is 0.243 e. The Hall–Kier alpha value is -2.78. The number of sulfonamides is 1. The van der Waals surface area contributed by atoms with Gasteiger partial charge in [-0.25, -0.2) is 13.1 Å². The highest BCUT2D eigenvalue weighted by Gasteiger charge is 2.42. The van der Waals surface area contributed by atoms with E-state index >= 15 is 0 Å². The maximum atomic E-state index is 13.6. The number of aromatic nitrogens is 3. The van der Waals surface area contributed by atoms with Crippen LogP contribution in [0.2, 0.25) is 0 Å². The standard InChI is InChI=1S/C26H33N5O3S/c1-19(2)31-24-11-10-22(18-23(24)27-28-31)35(33,34)30-14-6-9-25(30)26(32)29-15-12-21(13-16-29)17-20-7-4-3-5-8-20/h3-5,7-8,10-11,18-19,21,25H,6,9,12-17H2,1-2H3/t25-/m0/s1. The van der Waals surface area contributed by atoms with Gasteiger partial charge in [0.2, 0.25) is 15.9 Å². The zero-order valence-corrected chi connectivity index (χ0v) is 21.2. The van der Waals surface area contributed by atoms with E-state index in [-0.39, 0.29) is 16.8 Å². The van der Waals surface area contributed by atoms with Crippen molar-refractivity contribution in [2.24, 2.45) is 5.92 Å². The lowest BCUT2D eigenvalue weighted by Crippen LogP contribution is -2.50. The normalized spacial score (nSPS) is 20.2. The van der Waals surface area contributed by atoms with Gasteiger partial charge in [-0.3, -0.25) is 4.79 Å². The van der Waals surface area contributed by atoms with Crippen molar-refractivity contribution in [1.82, 2.24) is 24.2 Å². The third kappa shape index (κ3) is 4.71. The molecular formula is C26H33N5O3S. The summed E-state index contributed by atoms with van der Waals surface area (Å²) >= 11 is 0. The lowest BCUT2D eigenvalue weighted by molar-refractivity contribution is -0.136. The third-order valence-corrected chi connectivity index (χ3v) is 9.22. The number of carbonyl (C=O) groups excluding carboxylic acids is 1. The van der Waals surface area contributed by atoms with Crippen LogP contribution < -0.4 is 0 Å². The number of piperidine rings is 1. The lowest BCUT2D eigenvalue weighted by atomic mass is 9.90. The molecule has 2 fully saturated rings. The molecule has 0 radical (unpaired) electrons. The number of rotatable bonds is 6. The fraction of sp³-hybridized carbons (Fsp3) is 0.500. The number of likely N-dealkylation sites (tertiary alicyclic amines) is 1. The lowest BCUT2D eigenvalue weighted by Gasteiger charge is -2.35. The largest absolute Gasteiger partial charge is 0.341 e. The van der Waals surface area contributed by atoms with Gasteiger partial charge >= 0.3 is 0 Å². The van der Waals surface area contributed by atoms with Crippen molar-refractivity contribution in [2.45, 2.75) is 62.9 Å². The highest BCUT2D eigenvalue weighted by atomic mass is 32.2. The third-order valence-electron chi connectivity index (χ3n) is 7.32. The molecule has 3 aromatic rings. The molecule has 186 valence electrons. The van der Waals surface area contributed by atoms with E-state index in [1.54, 1.807) is 22.9 Å². The molecule has 0 unspecified atom stereocenters. The van der Waals surface area contributed by atoms with E-state index in [1.165, 1.54) is 9.87 Å². The van der Waals surface area contributed by atoms with E-state index < -0.39 is 16.1 Å². The molecule has 2 saturated heterocycles. The summed E-state index contributed by atoms with van der Waals surface area (Å²) in [5, 5.41) is 8.31. The Labute approximate surface area is 207 Å². The monoisotopic (exact) mass is 495 g/mol. The zero-order valence-electron chi connectivity index (χ0n) is 20.4. The second-order valence-corrected chi connectivity index (χ2v) is 11.9. The molecule has 9 heteroatoms. The molecule has 3 heterocycles. The molecule has 2 aliphatic rings. The molecule has 1 atom stereocenters. The second kappa shape index (κ2) is 9.70. The van der Waals surface area contributed by atoms with Gasteiger partial charge in [-0.15, -0.1) is 5.10 Å². The summed E-state index contributed by atoms with van der Waals surface area (Å²) in [5.74, 6) is 0.493. The van der Waals surface area contributed by atoms with Crippen LogP contribution in [0.3, 0.4) is 0 Å². The Kier molecular flexibility index (Phi) is 6.63. The van der Waals surface area contributed by atoms with Crippen LogP contribution in [0.1, 0.15) is 51.1 Å². The van der Waals surface area contributed by atoms with Crippen molar-refractivity contribution >= 4 is 27.0 Å². The molecule has 0 saturated carbocycles. The minimum absolute atomic E-state index is 0.0592. The SMILES string of the molecule is CC(C)n1nnc2cc(S(=O)(=O)N3CCC[C@H]3C(=O)N3CCC(Cc4ccccc4)CC3)ccc21. The number of benzene rings is 2. The number of amides is 1. The van der Waals surface area contributed by atoms with Crippen LogP contribution in [0, 0.1) is 5.92 Å². The number of fused-ring (bicyclic) bond motifs is 1. The molecule has 0 spiro atoms. The molecule has 35 heavy (non-hydrogen) atoms. The van der Waals surface area contributed by atoms with Gasteiger partial charge in [-0.1, -0.05) is 35.5 Å². The highest BCUT2D eigenvalue weighted by molar-refractivity contribution is 7.89. The molecular weight excluding hydrogens is 462 g/mol.